The molecule has 1 rings (SSSR count). The Morgan fingerprint density at radius 2 is 1.62 bits per heavy atom. The molecule has 0 unspecified atom stereocenters. The molecule has 2 heteroatoms. The number of aromatic hydroxyl groups is 1. The van der Waals surface area contributed by atoms with Gasteiger partial charge < -0.3 is 0 Å². The molecule has 37 valence electrons. The molecule has 0 heterocycles. The third kappa shape index (κ3) is 1.48. The summed E-state index contributed by atoms with van der Waals surface area (Å²) in [6.07, 6.45) is 0. The van der Waals surface area contributed by atoms with Crippen molar-refractivity contribution in [3.8, 4) is 5.75 Å². The van der Waals surface area contributed by atoms with Gasteiger partial charge in [0.2, 0.25) is 0 Å². The van der Waals surface area contributed by atoms with E-state index in [0.717, 1.165) is 0 Å². The van der Waals surface area contributed by atoms with Gasteiger partial charge in [0.05, 0.1) is 0 Å². The van der Waals surface area contributed by atoms with Crippen molar-refractivity contribution in [2.24, 2.45) is 0 Å². The minimum atomic E-state index is 0.360. The standard InChI is InChI=1S/C6H5O.Hg/c7-6-4-2-1-3-5-6;/h2-5,7H;. The first kappa shape index (κ1) is 6.08. The predicted octanol–water partition coefficient (Wildman–Crippen LogP) is 0.564. The number of hydrogen-bond donors (Lipinski definition) is 1. The van der Waals surface area contributed by atoms with Gasteiger partial charge in [0.1, 0.15) is 0 Å². The van der Waals surface area contributed by atoms with Gasteiger partial charge in [0.15, 0.2) is 0 Å². The van der Waals surface area contributed by atoms with Crippen LogP contribution < -0.4 is 3.07 Å². The predicted molar refractivity (Wildman–Crippen MR) is 27.7 cm³/mol. The van der Waals surface area contributed by atoms with Crippen LogP contribution in [0.15, 0.2) is 24.3 Å². The van der Waals surface area contributed by atoms with Gasteiger partial charge in [-0.1, -0.05) is 0 Å². The van der Waals surface area contributed by atoms with E-state index in [1.807, 2.05) is 12.1 Å². The quantitative estimate of drug-likeness (QED) is 0.693. The van der Waals surface area contributed by atoms with Crippen LogP contribution in [0.3, 0.4) is 0 Å². The summed E-state index contributed by atoms with van der Waals surface area (Å²) in [4.78, 5) is 0. The number of phenols is 1. The van der Waals surface area contributed by atoms with E-state index in [2.05, 4.69) is 0 Å². The van der Waals surface area contributed by atoms with E-state index in [0.29, 0.717) is 31.9 Å². The van der Waals surface area contributed by atoms with Gasteiger partial charge >= 0.3 is 64.3 Å². The molecule has 0 amide bonds. The summed E-state index contributed by atoms with van der Waals surface area (Å²) in [6.45, 7) is 0. The first-order valence-electron chi connectivity index (χ1n) is 2.40. The Bertz CT molecular complexity index is 147. The zero-order valence-corrected chi connectivity index (χ0v) is 9.96. The van der Waals surface area contributed by atoms with Gasteiger partial charge in [0.25, 0.3) is 0 Å². The van der Waals surface area contributed by atoms with E-state index in [4.69, 9.17) is 5.11 Å². The van der Waals surface area contributed by atoms with Crippen molar-refractivity contribution in [2.45, 2.75) is 0 Å². The van der Waals surface area contributed by atoms with Crippen molar-refractivity contribution in [1.82, 2.24) is 0 Å². The molecular weight excluding hydrogens is 289 g/mol. The minimum absolute atomic E-state index is 0.360. The molecule has 0 saturated heterocycles. The molecular formula is C6H5HgO. The molecule has 1 N–H and O–H groups in total. The average Bonchev–Trinajstić information content (AvgIpc) is 1.77. The monoisotopic (exact) mass is 295 g/mol. The first-order valence-corrected chi connectivity index (χ1v) is 5.15. The average molecular weight is 294 g/mol. The molecule has 0 radical (unpaired) electrons. The summed E-state index contributed by atoms with van der Waals surface area (Å²) < 4.78 is 1.36. The van der Waals surface area contributed by atoms with Crippen LogP contribution in [-0.2, 0) is 26.1 Å². The second-order valence-corrected chi connectivity index (χ2v) is 4.84. The maximum absolute atomic E-state index is 8.78. The zero-order valence-electron chi connectivity index (χ0n) is 4.46. The number of rotatable bonds is 0. The molecule has 1 aromatic rings. The second-order valence-electron chi connectivity index (χ2n) is 1.67. The Morgan fingerprint density at radius 3 is 2.00 bits per heavy atom. The Balaban J connectivity index is 3.03. The fraction of sp³-hybridized carbons (Fsp3) is 0. The number of phenolic OH excluding ortho intramolecular Hbond substituents is 1. The first-order chi connectivity index (χ1) is 3.79. The third-order valence-electron chi connectivity index (χ3n) is 0.936. The van der Waals surface area contributed by atoms with E-state index in [1.165, 1.54) is 3.07 Å². The van der Waals surface area contributed by atoms with Crippen LogP contribution >= 0.6 is 0 Å². The van der Waals surface area contributed by atoms with Gasteiger partial charge in [-0.2, -0.15) is 0 Å². The Morgan fingerprint density at radius 1 is 1.12 bits per heavy atom. The summed E-state index contributed by atoms with van der Waals surface area (Å²) in [5.41, 5.74) is 0. The van der Waals surface area contributed by atoms with Crippen LogP contribution in [-0.4, -0.2) is 5.11 Å². The molecule has 1 aromatic carbocycles. The zero-order chi connectivity index (χ0) is 5.98. The topological polar surface area (TPSA) is 20.2 Å². The summed E-state index contributed by atoms with van der Waals surface area (Å²) in [6, 6.07) is 7.36. The van der Waals surface area contributed by atoms with Crippen molar-refractivity contribution < 1.29 is 31.2 Å². The van der Waals surface area contributed by atoms with Crippen molar-refractivity contribution in [3.63, 3.8) is 0 Å². The van der Waals surface area contributed by atoms with Gasteiger partial charge in [-0.25, -0.2) is 0 Å². The van der Waals surface area contributed by atoms with Crippen LogP contribution in [0.4, 0.5) is 0 Å². The van der Waals surface area contributed by atoms with Gasteiger partial charge in [0, 0.05) is 0 Å². The summed E-state index contributed by atoms with van der Waals surface area (Å²) in [5, 5.41) is 8.78. The van der Waals surface area contributed by atoms with Gasteiger partial charge in [-0.3, -0.25) is 0 Å². The van der Waals surface area contributed by atoms with Crippen molar-refractivity contribution in [2.75, 3.05) is 0 Å². The van der Waals surface area contributed by atoms with Gasteiger partial charge in [-0.15, -0.1) is 0 Å². The van der Waals surface area contributed by atoms with E-state index >= 15 is 0 Å². The Kier molecular flexibility index (Phi) is 1.89. The van der Waals surface area contributed by atoms with Crippen molar-refractivity contribution in [1.29, 1.82) is 0 Å². The molecule has 0 aliphatic heterocycles. The molecule has 0 saturated carbocycles. The fourth-order valence-corrected chi connectivity index (χ4v) is 1.41. The third-order valence-corrected chi connectivity index (χ3v) is 2.77. The molecule has 0 aliphatic rings. The van der Waals surface area contributed by atoms with Crippen molar-refractivity contribution >= 4 is 3.07 Å². The fourth-order valence-electron chi connectivity index (χ4n) is 0.496. The molecule has 0 aromatic heterocycles. The molecule has 0 atom stereocenters. The van der Waals surface area contributed by atoms with Crippen LogP contribution in [0.5, 0.6) is 5.75 Å². The number of benzene rings is 1. The molecule has 8 heavy (non-hydrogen) atoms. The van der Waals surface area contributed by atoms with Crippen molar-refractivity contribution in [3.05, 3.63) is 24.3 Å². The van der Waals surface area contributed by atoms with E-state index in [-0.39, 0.29) is 0 Å². The molecule has 0 fully saturated rings. The second kappa shape index (κ2) is 2.49. The van der Waals surface area contributed by atoms with Crippen LogP contribution in [0.2, 0.25) is 0 Å². The molecule has 0 spiro atoms. The normalized spacial score (nSPS) is 9.25. The number of hydrogen-bond acceptors (Lipinski definition) is 1. The SMILES string of the molecule is Oc1cc[c]([Hg])cc1. The summed E-state index contributed by atoms with van der Waals surface area (Å²) >= 11 is 0.691. The van der Waals surface area contributed by atoms with E-state index in [9.17, 15) is 0 Å². The maximum atomic E-state index is 8.78. The van der Waals surface area contributed by atoms with Crippen LogP contribution in [0, 0.1) is 0 Å². The Labute approximate surface area is 64.3 Å². The molecule has 1 nitrogen and oxygen atoms in total. The Hall–Kier alpha value is -0.0449. The van der Waals surface area contributed by atoms with Crippen LogP contribution in [0.25, 0.3) is 0 Å². The van der Waals surface area contributed by atoms with E-state index in [1.54, 1.807) is 12.1 Å². The summed E-state index contributed by atoms with van der Waals surface area (Å²) in [5.74, 6) is 0.360. The molecule has 0 aliphatic carbocycles. The molecule has 0 bridgehead atoms. The van der Waals surface area contributed by atoms with Gasteiger partial charge in [-0.05, 0) is 0 Å². The van der Waals surface area contributed by atoms with Crippen LogP contribution in [0.1, 0.15) is 0 Å². The summed E-state index contributed by atoms with van der Waals surface area (Å²) in [7, 11) is 0. The van der Waals surface area contributed by atoms with E-state index < -0.39 is 0 Å².